The highest BCUT2D eigenvalue weighted by Gasteiger charge is 2.73. The Bertz CT molecular complexity index is 1350. The van der Waals surface area contributed by atoms with Crippen molar-refractivity contribution in [2.75, 3.05) is 65.6 Å². The molecule has 0 radical (unpaired) electrons. The van der Waals surface area contributed by atoms with Crippen LogP contribution >= 0.6 is 0 Å². The molecule has 0 aromatic heterocycles. The van der Waals surface area contributed by atoms with Gasteiger partial charge in [0.15, 0.2) is 0 Å². The molecule has 5 aliphatic rings. The van der Waals surface area contributed by atoms with Gasteiger partial charge in [-0.3, -0.25) is 24.1 Å². The summed E-state index contributed by atoms with van der Waals surface area (Å²) in [7, 11) is 0. The Hall–Kier alpha value is -3.58. The topological polar surface area (TPSA) is 138 Å². The molecule has 1 spiro atoms. The number of hydrogen-bond donors (Lipinski definition) is 2. The normalized spacial score (nSPS) is 32.4. The van der Waals surface area contributed by atoms with Gasteiger partial charge in [-0.05, 0) is 31.2 Å². The Kier molecular flexibility index (Phi) is 10.7. The Morgan fingerprint density at radius 1 is 0.936 bits per heavy atom. The van der Waals surface area contributed by atoms with E-state index in [1.165, 1.54) is 0 Å². The van der Waals surface area contributed by atoms with Gasteiger partial charge in [-0.1, -0.05) is 54.6 Å². The maximum atomic E-state index is 14.7. The summed E-state index contributed by atoms with van der Waals surface area (Å²) >= 11 is 0. The average Bonchev–Trinajstić information content (AvgIpc) is 3.73. The quantitative estimate of drug-likeness (QED) is 0.230. The number of carbonyl (C=O) groups excluding carboxylic acids is 4. The summed E-state index contributed by atoms with van der Waals surface area (Å²) < 4.78 is 18.2. The third-order valence-electron chi connectivity index (χ3n) is 9.98. The van der Waals surface area contributed by atoms with Crippen molar-refractivity contribution < 1.29 is 38.5 Å². The molecule has 3 amide bonds. The van der Waals surface area contributed by atoms with Gasteiger partial charge in [0.25, 0.3) is 0 Å². The summed E-state index contributed by atoms with van der Waals surface area (Å²) in [6.45, 7) is 4.67. The van der Waals surface area contributed by atoms with Crippen LogP contribution in [0.15, 0.2) is 54.6 Å². The Labute approximate surface area is 275 Å². The van der Waals surface area contributed by atoms with Crippen molar-refractivity contribution in [3.63, 3.8) is 0 Å². The van der Waals surface area contributed by atoms with Crippen LogP contribution in [0.1, 0.15) is 43.8 Å². The number of ether oxygens (including phenoxy) is 3. The number of likely N-dealkylation sites (tertiary alicyclic amines) is 1. The summed E-state index contributed by atoms with van der Waals surface area (Å²) in [5, 5.41) is 12.3. The van der Waals surface area contributed by atoms with Gasteiger partial charge in [0, 0.05) is 52.3 Å². The molecule has 6 atom stereocenters. The number of cyclic esters (lactones) is 1. The summed E-state index contributed by atoms with van der Waals surface area (Å²) in [4.78, 5) is 61.6. The van der Waals surface area contributed by atoms with Crippen LogP contribution in [0.3, 0.4) is 0 Å². The van der Waals surface area contributed by atoms with Crippen LogP contribution in [0.2, 0.25) is 0 Å². The number of allylic oxidation sites excluding steroid dienone is 1. The molecule has 1 aromatic carbocycles. The molecule has 12 heteroatoms. The molecular formula is C35H46N4O8. The van der Waals surface area contributed by atoms with E-state index in [1.54, 1.807) is 15.9 Å². The van der Waals surface area contributed by atoms with E-state index in [2.05, 4.69) is 10.2 Å². The molecule has 254 valence electrons. The number of morpholine rings is 1. The number of fused-ring (bicyclic) bond motifs is 2. The van der Waals surface area contributed by atoms with E-state index in [4.69, 9.17) is 14.2 Å². The van der Waals surface area contributed by atoms with E-state index >= 15 is 0 Å². The fraction of sp³-hybridized carbons (Fsp3) is 0.600. The molecule has 2 N–H and O–H groups in total. The molecule has 5 heterocycles. The van der Waals surface area contributed by atoms with Gasteiger partial charge >= 0.3 is 5.97 Å². The number of benzene rings is 1. The number of esters is 1. The number of aliphatic hydroxyl groups excluding tert-OH is 1. The molecule has 3 fully saturated rings. The summed E-state index contributed by atoms with van der Waals surface area (Å²) in [6.07, 6.45) is 8.56. The first kappa shape index (κ1) is 33.3. The standard InChI is InChI=1S/C35H46N4O8/c40-21-9-3-8-16-39-31-33(43)38(18-17-37-19-22-45-23-20-37)15-7-2-6-12-28(41)36-24-27(25-10-4-1-5-11-25)46-34(44)29-26-13-14-35(31,47-26)30(29)32(39)42/h1-2,4-5,7,10-11,13-14,26-27,29-31,40H,3,6,8-9,12,15-24H2,(H,36,41)/b7-2-/t26-,27-,29+,30+,31-,35+/m0/s1. The van der Waals surface area contributed by atoms with Crippen LogP contribution in [-0.2, 0) is 33.4 Å². The largest absolute Gasteiger partial charge is 0.455 e. The Morgan fingerprint density at radius 2 is 1.74 bits per heavy atom. The number of nitrogens with one attached hydrogen (secondary N) is 1. The van der Waals surface area contributed by atoms with E-state index in [1.807, 2.05) is 48.6 Å². The van der Waals surface area contributed by atoms with Crippen molar-refractivity contribution in [1.82, 2.24) is 20.0 Å². The van der Waals surface area contributed by atoms with Crippen LogP contribution in [0, 0.1) is 11.8 Å². The van der Waals surface area contributed by atoms with Gasteiger partial charge < -0.3 is 34.4 Å². The molecule has 6 rings (SSSR count). The van der Waals surface area contributed by atoms with E-state index in [9.17, 15) is 24.3 Å². The van der Waals surface area contributed by atoms with Crippen LogP contribution in [0.5, 0.6) is 0 Å². The molecule has 5 aliphatic heterocycles. The van der Waals surface area contributed by atoms with E-state index in [0.29, 0.717) is 65.1 Å². The second-order valence-corrected chi connectivity index (χ2v) is 12.9. The number of unbranched alkanes of at least 4 members (excludes halogenated alkanes) is 2. The molecule has 0 aliphatic carbocycles. The minimum Gasteiger partial charge on any atom is -0.455 e. The number of amides is 3. The van der Waals surface area contributed by atoms with Crippen LogP contribution in [0.25, 0.3) is 0 Å². The lowest BCUT2D eigenvalue weighted by molar-refractivity contribution is -0.159. The zero-order chi connectivity index (χ0) is 32.8. The van der Waals surface area contributed by atoms with Gasteiger partial charge in [0.2, 0.25) is 17.7 Å². The Morgan fingerprint density at radius 3 is 2.53 bits per heavy atom. The molecule has 0 saturated carbocycles. The van der Waals surface area contributed by atoms with Gasteiger partial charge in [-0.15, -0.1) is 0 Å². The van der Waals surface area contributed by atoms with Crippen LogP contribution in [0.4, 0.5) is 0 Å². The predicted octanol–water partition coefficient (Wildman–Crippen LogP) is 1.21. The highest BCUT2D eigenvalue weighted by atomic mass is 16.6. The maximum Gasteiger partial charge on any atom is 0.313 e. The highest BCUT2D eigenvalue weighted by molar-refractivity contribution is 5.99. The van der Waals surface area contributed by atoms with Crippen molar-refractivity contribution >= 4 is 23.7 Å². The maximum absolute atomic E-state index is 14.7. The van der Waals surface area contributed by atoms with Gasteiger partial charge in [0.05, 0.1) is 31.8 Å². The van der Waals surface area contributed by atoms with E-state index in [-0.39, 0.29) is 37.3 Å². The molecule has 47 heavy (non-hydrogen) atoms. The lowest BCUT2D eigenvalue weighted by Crippen LogP contribution is -2.57. The number of nitrogens with zero attached hydrogens (tertiary/aromatic N) is 3. The third kappa shape index (κ3) is 7.01. The van der Waals surface area contributed by atoms with Gasteiger partial charge in [0.1, 0.15) is 23.7 Å². The third-order valence-corrected chi connectivity index (χ3v) is 9.98. The monoisotopic (exact) mass is 650 g/mol. The van der Waals surface area contributed by atoms with E-state index in [0.717, 1.165) is 18.7 Å². The molecule has 12 nitrogen and oxygen atoms in total. The number of aliphatic hydroxyl groups is 1. The van der Waals surface area contributed by atoms with Crippen molar-refractivity contribution in [2.24, 2.45) is 11.8 Å². The van der Waals surface area contributed by atoms with Crippen molar-refractivity contribution in [1.29, 1.82) is 0 Å². The van der Waals surface area contributed by atoms with Crippen LogP contribution in [-0.4, -0.2) is 127 Å². The summed E-state index contributed by atoms with van der Waals surface area (Å²) in [5.74, 6) is -3.15. The van der Waals surface area contributed by atoms with Crippen LogP contribution < -0.4 is 5.32 Å². The van der Waals surface area contributed by atoms with Gasteiger partial charge in [-0.2, -0.15) is 0 Å². The summed E-state index contributed by atoms with van der Waals surface area (Å²) in [5.41, 5.74) is -0.578. The van der Waals surface area contributed by atoms with E-state index < -0.39 is 41.7 Å². The number of hydrogen-bond acceptors (Lipinski definition) is 9. The molecular weight excluding hydrogens is 604 g/mol. The van der Waals surface area contributed by atoms with Crippen molar-refractivity contribution in [2.45, 2.75) is 56.0 Å². The first-order valence-corrected chi connectivity index (χ1v) is 17.0. The molecule has 3 saturated heterocycles. The average molecular weight is 651 g/mol. The smallest absolute Gasteiger partial charge is 0.313 e. The second-order valence-electron chi connectivity index (χ2n) is 12.9. The Balaban J connectivity index is 1.34. The zero-order valence-corrected chi connectivity index (χ0v) is 26.8. The predicted molar refractivity (Wildman–Crippen MR) is 171 cm³/mol. The second kappa shape index (κ2) is 15.1. The lowest BCUT2D eigenvalue weighted by Gasteiger charge is -2.37. The first-order valence-electron chi connectivity index (χ1n) is 17.0. The SMILES string of the molecule is O=C1CC/C=C\CN(CCN2CCOCC2)C(=O)[C@@H]2N(CCCCCO)C(=O)[C@H]3[C@H](C(=O)O[C@H](c4ccccc4)CN1)[C@@H]1C=C[C@]23O1. The minimum atomic E-state index is -1.30. The molecule has 5 bridgehead atoms. The highest BCUT2D eigenvalue weighted by Crippen LogP contribution is 2.55. The fourth-order valence-electron chi connectivity index (χ4n) is 7.52. The number of rotatable bonds is 9. The molecule has 1 aromatic rings. The lowest BCUT2D eigenvalue weighted by atomic mass is 9.74. The minimum absolute atomic E-state index is 0.0506. The molecule has 0 unspecified atom stereocenters. The van der Waals surface area contributed by atoms with Crippen molar-refractivity contribution in [3.05, 3.63) is 60.2 Å². The van der Waals surface area contributed by atoms with Gasteiger partial charge in [-0.25, -0.2) is 0 Å². The fourth-order valence-corrected chi connectivity index (χ4v) is 7.52. The van der Waals surface area contributed by atoms with Crippen molar-refractivity contribution in [3.8, 4) is 0 Å². The summed E-state index contributed by atoms with van der Waals surface area (Å²) in [6, 6.07) is 8.27. The first-order chi connectivity index (χ1) is 22.9. The zero-order valence-electron chi connectivity index (χ0n) is 26.8. The number of carbonyl (C=O) groups is 4.